The van der Waals surface area contributed by atoms with Crippen molar-refractivity contribution < 1.29 is 4.79 Å². The van der Waals surface area contributed by atoms with Gasteiger partial charge in [0.15, 0.2) is 0 Å². The van der Waals surface area contributed by atoms with Gasteiger partial charge in [0.1, 0.15) is 5.56 Å². The zero-order valence-corrected chi connectivity index (χ0v) is 11.0. The fourth-order valence-electron chi connectivity index (χ4n) is 3.19. The highest BCUT2D eigenvalue weighted by atomic mass is 16.2. The van der Waals surface area contributed by atoms with Gasteiger partial charge in [-0.15, -0.1) is 0 Å². The minimum absolute atomic E-state index is 0.187. The number of piperidine rings is 1. The maximum Gasteiger partial charge on any atom is 0.260 e. The van der Waals surface area contributed by atoms with Gasteiger partial charge in [-0.05, 0) is 44.7 Å². The zero-order valence-electron chi connectivity index (χ0n) is 11.0. The highest BCUT2D eigenvalue weighted by Gasteiger charge is 2.34. The van der Waals surface area contributed by atoms with Gasteiger partial charge in [0, 0.05) is 23.8 Å². The Morgan fingerprint density at radius 3 is 2.58 bits per heavy atom. The second kappa shape index (κ2) is 4.81. The number of hydrogen-bond acceptors (Lipinski definition) is 3. The Hall–Kier alpha value is -1.62. The Bertz CT molecular complexity index is 540. The summed E-state index contributed by atoms with van der Waals surface area (Å²) in [4.78, 5) is 26.5. The number of aryl methyl sites for hydroxylation is 1. The molecule has 2 aliphatic rings. The third kappa shape index (κ3) is 2.56. The molecule has 0 saturated carbocycles. The molecule has 19 heavy (non-hydrogen) atoms. The van der Waals surface area contributed by atoms with Crippen molar-refractivity contribution in [2.45, 2.75) is 50.7 Å². The predicted molar refractivity (Wildman–Crippen MR) is 72.2 cm³/mol. The Morgan fingerprint density at radius 1 is 1.26 bits per heavy atom. The van der Waals surface area contributed by atoms with E-state index in [4.69, 9.17) is 0 Å². The van der Waals surface area contributed by atoms with E-state index in [1.165, 1.54) is 12.8 Å². The Morgan fingerprint density at radius 2 is 1.95 bits per heavy atom. The number of aromatic amines is 1. The summed E-state index contributed by atoms with van der Waals surface area (Å²) in [6.07, 6.45) is 4.32. The number of carbonyl (C=O) groups is 1. The van der Waals surface area contributed by atoms with Gasteiger partial charge in [-0.3, -0.25) is 9.59 Å². The smallest absolute Gasteiger partial charge is 0.260 e. The minimum atomic E-state index is -0.311. The molecule has 0 radical (unpaired) electrons. The van der Waals surface area contributed by atoms with Gasteiger partial charge in [-0.25, -0.2) is 0 Å². The van der Waals surface area contributed by atoms with Crippen LogP contribution in [0.5, 0.6) is 0 Å². The average Bonchev–Trinajstić information content (AvgIpc) is 2.68. The van der Waals surface area contributed by atoms with E-state index in [1.54, 1.807) is 19.1 Å². The normalized spacial score (nSPS) is 29.2. The van der Waals surface area contributed by atoms with Crippen molar-refractivity contribution in [2.75, 3.05) is 0 Å². The fourth-order valence-corrected chi connectivity index (χ4v) is 3.19. The molecule has 2 atom stereocenters. The van der Waals surface area contributed by atoms with E-state index >= 15 is 0 Å². The predicted octanol–water partition coefficient (Wildman–Crippen LogP) is 0.696. The summed E-state index contributed by atoms with van der Waals surface area (Å²) in [5.41, 5.74) is 0.660. The van der Waals surface area contributed by atoms with E-state index in [0.29, 0.717) is 12.1 Å². The van der Waals surface area contributed by atoms with Gasteiger partial charge < -0.3 is 15.6 Å². The first kappa shape index (κ1) is 12.4. The highest BCUT2D eigenvalue weighted by Crippen LogP contribution is 2.26. The molecular formula is C14H19N3O2. The summed E-state index contributed by atoms with van der Waals surface area (Å²) in [6, 6.07) is 4.59. The van der Waals surface area contributed by atoms with E-state index in [1.807, 2.05) is 0 Å². The van der Waals surface area contributed by atoms with Gasteiger partial charge in [0.2, 0.25) is 0 Å². The largest absolute Gasteiger partial charge is 0.349 e. The number of aromatic nitrogens is 1. The van der Waals surface area contributed by atoms with Gasteiger partial charge >= 0.3 is 0 Å². The van der Waals surface area contributed by atoms with Gasteiger partial charge in [-0.1, -0.05) is 0 Å². The molecular weight excluding hydrogens is 242 g/mol. The molecule has 2 saturated heterocycles. The maximum absolute atomic E-state index is 12.1. The molecule has 0 aromatic carbocycles. The summed E-state index contributed by atoms with van der Waals surface area (Å²) in [6.45, 7) is 1.80. The second-order valence-electron chi connectivity index (χ2n) is 5.66. The molecule has 2 aliphatic heterocycles. The van der Waals surface area contributed by atoms with Crippen molar-refractivity contribution in [3.05, 3.63) is 33.7 Å². The van der Waals surface area contributed by atoms with Crippen LogP contribution in [-0.4, -0.2) is 29.0 Å². The first-order valence-corrected chi connectivity index (χ1v) is 6.88. The van der Waals surface area contributed by atoms with Crippen LogP contribution in [-0.2, 0) is 0 Å². The lowest BCUT2D eigenvalue weighted by Gasteiger charge is -2.29. The molecule has 3 N–H and O–H groups in total. The van der Waals surface area contributed by atoms with Crippen molar-refractivity contribution in [3.63, 3.8) is 0 Å². The number of H-pyrrole nitrogens is 1. The van der Waals surface area contributed by atoms with Crippen LogP contribution in [0.4, 0.5) is 0 Å². The summed E-state index contributed by atoms with van der Waals surface area (Å²) >= 11 is 0. The summed E-state index contributed by atoms with van der Waals surface area (Å²) in [5, 5.41) is 6.53. The summed E-state index contributed by atoms with van der Waals surface area (Å²) in [7, 11) is 0. The SMILES string of the molecule is Cc1ccc(C(=O)NC2CC3CCC(C2)N3)c(=O)[nH]1. The lowest BCUT2D eigenvalue weighted by atomic mass is 9.99. The third-order valence-electron chi connectivity index (χ3n) is 4.11. The zero-order chi connectivity index (χ0) is 13.4. The molecule has 5 nitrogen and oxygen atoms in total. The van der Waals surface area contributed by atoms with Crippen LogP contribution in [0.25, 0.3) is 0 Å². The first-order valence-electron chi connectivity index (χ1n) is 6.88. The third-order valence-corrected chi connectivity index (χ3v) is 4.11. The van der Waals surface area contributed by atoms with Crippen LogP contribution in [0.2, 0.25) is 0 Å². The van der Waals surface area contributed by atoms with Crippen molar-refractivity contribution in [3.8, 4) is 0 Å². The molecule has 1 amide bonds. The van der Waals surface area contributed by atoms with Crippen LogP contribution in [0.3, 0.4) is 0 Å². The number of pyridine rings is 1. The molecule has 2 fully saturated rings. The molecule has 3 heterocycles. The summed E-state index contributed by atoms with van der Waals surface area (Å²) in [5.74, 6) is -0.257. The van der Waals surface area contributed by atoms with E-state index in [0.717, 1.165) is 18.5 Å². The van der Waals surface area contributed by atoms with Gasteiger partial charge in [-0.2, -0.15) is 0 Å². The van der Waals surface area contributed by atoms with Crippen molar-refractivity contribution >= 4 is 5.91 Å². The van der Waals surface area contributed by atoms with Gasteiger partial charge in [0.05, 0.1) is 0 Å². The Balaban J connectivity index is 1.69. The minimum Gasteiger partial charge on any atom is -0.349 e. The lowest BCUT2D eigenvalue weighted by Crippen LogP contribution is -2.48. The lowest BCUT2D eigenvalue weighted by molar-refractivity contribution is 0.0922. The fraction of sp³-hybridized carbons (Fsp3) is 0.571. The monoisotopic (exact) mass is 261 g/mol. The number of nitrogens with one attached hydrogen (secondary N) is 3. The molecule has 1 aromatic rings. The van der Waals surface area contributed by atoms with E-state index in [-0.39, 0.29) is 23.1 Å². The molecule has 2 bridgehead atoms. The highest BCUT2D eigenvalue weighted by molar-refractivity contribution is 5.94. The summed E-state index contributed by atoms with van der Waals surface area (Å²) < 4.78 is 0. The number of amides is 1. The second-order valence-corrected chi connectivity index (χ2v) is 5.66. The standard InChI is InChI=1S/C14H19N3O2/c1-8-2-5-12(13(18)15-8)14(19)17-11-6-9-3-4-10(7-11)16-9/h2,5,9-11,16H,3-4,6-7H2,1H3,(H,15,18)(H,17,19). The Kier molecular flexibility index (Phi) is 3.14. The van der Waals surface area contributed by atoms with Crippen LogP contribution >= 0.6 is 0 Å². The maximum atomic E-state index is 12.1. The van der Waals surface area contributed by atoms with E-state index in [2.05, 4.69) is 15.6 Å². The van der Waals surface area contributed by atoms with Crippen molar-refractivity contribution in [1.29, 1.82) is 0 Å². The molecule has 2 unspecified atom stereocenters. The first-order chi connectivity index (χ1) is 9.11. The molecule has 0 spiro atoms. The number of rotatable bonds is 2. The van der Waals surface area contributed by atoms with E-state index in [9.17, 15) is 9.59 Å². The molecule has 3 rings (SSSR count). The molecule has 102 valence electrons. The van der Waals surface area contributed by atoms with Crippen molar-refractivity contribution in [1.82, 2.24) is 15.6 Å². The number of hydrogen-bond donors (Lipinski definition) is 3. The number of fused-ring (bicyclic) bond motifs is 2. The van der Waals surface area contributed by atoms with Crippen molar-refractivity contribution in [2.24, 2.45) is 0 Å². The van der Waals surface area contributed by atoms with Crippen LogP contribution in [0.15, 0.2) is 16.9 Å². The molecule has 0 aliphatic carbocycles. The van der Waals surface area contributed by atoms with Crippen LogP contribution in [0, 0.1) is 6.92 Å². The quantitative estimate of drug-likeness (QED) is 0.733. The van der Waals surface area contributed by atoms with Gasteiger partial charge in [0.25, 0.3) is 11.5 Å². The topological polar surface area (TPSA) is 74.0 Å². The molecule has 1 aromatic heterocycles. The molecule has 5 heteroatoms. The average molecular weight is 261 g/mol. The van der Waals surface area contributed by atoms with Crippen LogP contribution in [0.1, 0.15) is 41.7 Å². The Labute approximate surface area is 111 Å². The van der Waals surface area contributed by atoms with E-state index < -0.39 is 0 Å². The van der Waals surface area contributed by atoms with Crippen LogP contribution < -0.4 is 16.2 Å². The number of carbonyl (C=O) groups excluding carboxylic acids is 1.